The van der Waals surface area contributed by atoms with Crippen molar-refractivity contribution in [3.8, 4) is 0 Å². The summed E-state index contributed by atoms with van der Waals surface area (Å²) in [5.41, 5.74) is 1.42. The fourth-order valence-corrected chi connectivity index (χ4v) is 2.27. The Labute approximate surface area is 121 Å². The Bertz CT molecular complexity index is 671. The normalized spacial score (nSPS) is 13.7. The number of para-hydroxylation sites is 1. The van der Waals surface area contributed by atoms with Crippen LogP contribution in [0, 0.1) is 19.1 Å². The van der Waals surface area contributed by atoms with Crippen LogP contribution in [0.25, 0.3) is 0 Å². The van der Waals surface area contributed by atoms with E-state index in [2.05, 4.69) is 0 Å². The van der Waals surface area contributed by atoms with Gasteiger partial charge in [-0.2, -0.15) is 4.84 Å². The van der Waals surface area contributed by atoms with Crippen LogP contribution in [0.3, 0.4) is 0 Å². The van der Waals surface area contributed by atoms with Crippen molar-refractivity contribution in [1.29, 1.82) is 0 Å². The average molecular weight is 289 g/mol. The van der Waals surface area contributed by atoms with Gasteiger partial charge in [-0.05, 0) is 19.9 Å². The van der Waals surface area contributed by atoms with Crippen LogP contribution >= 0.6 is 0 Å². The summed E-state index contributed by atoms with van der Waals surface area (Å²) in [5, 5.41) is 13.0. The third-order valence-corrected chi connectivity index (χ3v) is 3.28. The van der Waals surface area contributed by atoms with Gasteiger partial charge in [0.25, 0.3) is 0 Å². The molecule has 0 fully saturated rings. The first-order valence-corrected chi connectivity index (χ1v) is 6.25. The smallest absolute Gasteiger partial charge is 0.419 e. The summed E-state index contributed by atoms with van der Waals surface area (Å²) in [6, 6.07) is 6.53. The average Bonchev–Trinajstić information content (AvgIpc) is 2.94. The van der Waals surface area contributed by atoms with Crippen molar-refractivity contribution in [3.05, 3.63) is 58.2 Å². The van der Waals surface area contributed by atoms with Crippen LogP contribution in [0.15, 0.2) is 34.9 Å². The van der Waals surface area contributed by atoms with Gasteiger partial charge in [-0.15, -0.1) is 4.81 Å². The Hall–Kier alpha value is -2.28. The van der Waals surface area contributed by atoms with Gasteiger partial charge in [0.05, 0.1) is 18.9 Å². The number of nitrogens with zero attached hydrogens (tertiary/aromatic N) is 1. The van der Waals surface area contributed by atoms with Crippen LogP contribution in [0.2, 0.25) is 0 Å². The van der Waals surface area contributed by atoms with Crippen LogP contribution in [-0.2, 0) is 4.84 Å². The largest absolute Gasteiger partial charge is 0.585 e. The summed E-state index contributed by atoms with van der Waals surface area (Å²) in [6.07, 6.45) is 1.64. The van der Waals surface area contributed by atoms with Crippen LogP contribution in [0.1, 0.15) is 32.0 Å². The summed E-state index contributed by atoms with van der Waals surface area (Å²) in [4.78, 5) is 26.7. The molecule has 1 aromatic carbocycles. The van der Waals surface area contributed by atoms with Gasteiger partial charge in [-0.1, -0.05) is 18.2 Å². The van der Waals surface area contributed by atoms with Crippen LogP contribution in [0.5, 0.6) is 0 Å². The Morgan fingerprint density at radius 3 is 2.43 bits per heavy atom. The van der Waals surface area contributed by atoms with Gasteiger partial charge in [0.15, 0.2) is 12.0 Å². The van der Waals surface area contributed by atoms with Crippen molar-refractivity contribution >= 4 is 17.9 Å². The molecule has 21 heavy (non-hydrogen) atoms. The number of quaternary nitrogens is 1. The summed E-state index contributed by atoms with van der Waals surface area (Å²) in [6.45, 7) is 3.42. The highest BCUT2D eigenvalue weighted by Gasteiger charge is 2.39. The molecule has 0 saturated heterocycles. The first kappa shape index (κ1) is 15.1. The predicted octanol–water partition coefficient (Wildman–Crippen LogP) is 2.92. The van der Waals surface area contributed by atoms with Gasteiger partial charge < -0.3 is 9.62 Å². The highest BCUT2D eigenvalue weighted by atomic mass is 16.9. The first-order chi connectivity index (χ1) is 9.95. The number of furan rings is 1. The van der Waals surface area contributed by atoms with E-state index >= 15 is 0 Å². The molecule has 0 spiro atoms. The highest BCUT2D eigenvalue weighted by molar-refractivity contribution is 6.05. The molecular formula is C15H15NO5. The van der Waals surface area contributed by atoms with E-state index < -0.39 is 10.7 Å². The number of carbonyl (C=O) groups is 2. The number of hydroxylamine groups is 2. The van der Waals surface area contributed by atoms with Crippen molar-refractivity contribution in [2.75, 3.05) is 7.11 Å². The van der Waals surface area contributed by atoms with E-state index in [1.165, 1.54) is 12.3 Å². The van der Waals surface area contributed by atoms with Crippen molar-refractivity contribution in [1.82, 2.24) is 4.81 Å². The van der Waals surface area contributed by atoms with E-state index in [-0.39, 0.29) is 17.0 Å². The molecular weight excluding hydrogens is 274 g/mol. The molecule has 2 aromatic rings. The summed E-state index contributed by atoms with van der Waals surface area (Å²) >= 11 is 0. The Morgan fingerprint density at radius 2 is 1.90 bits per heavy atom. The Morgan fingerprint density at radius 1 is 1.29 bits per heavy atom. The van der Waals surface area contributed by atoms with E-state index in [1.807, 2.05) is 0 Å². The number of aryl methyl sites for hydroxylation is 2. The van der Waals surface area contributed by atoms with Gasteiger partial charge in [0, 0.05) is 11.1 Å². The lowest BCUT2D eigenvalue weighted by Crippen LogP contribution is -2.48. The summed E-state index contributed by atoms with van der Waals surface area (Å²) in [5.74, 6) is -1.30. The molecule has 0 saturated carbocycles. The van der Waals surface area contributed by atoms with Gasteiger partial charge in [0.1, 0.15) is 0 Å². The second-order valence-corrected chi connectivity index (χ2v) is 4.60. The van der Waals surface area contributed by atoms with Gasteiger partial charge in [-0.25, -0.2) is 4.79 Å². The zero-order valence-corrected chi connectivity index (χ0v) is 12.0. The van der Waals surface area contributed by atoms with Crippen molar-refractivity contribution in [3.63, 3.8) is 0 Å². The summed E-state index contributed by atoms with van der Waals surface area (Å²) in [7, 11) is 1.14. The van der Waals surface area contributed by atoms with E-state index in [4.69, 9.17) is 9.25 Å². The molecule has 6 nitrogen and oxygen atoms in total. The van der Waals surface area contributed by atoms with E-state index in [9.17, 15) is 14.8 Å². The molecule has 6 heteroatoms. The fraction of sp³-hybridized carbons (Fsp3) is 0.200. The van der Waals surface area contributed by atoms with Crippen LogP contribution in [-0.4, -0.2) is 19.3 Å². The van der Waals surface area contributed by atoms with Crippen LogP contribution in [0.4, 0.5) is 5.69 Å². The lowest BCUT2D eigenvalue weighted by Gasteiger charge is -2.35. The lowest BCUT2D eigenvalue weighted by molar-refractivity contribution is -0.0542. The van der Waals surface area contributed by atoms with E-state index in [1.54, 1.807) is 32.0 Å². The van der Waals surface area contributed by atoms with E-state index in [0.29, 0.717) is 17.4 Å². The molecule has 0 bridgehead atoms. The molecule has 0 aliphatic carbocycles. The topological polar surface area (TPSA) is 79.6 Å². The molecule has 1 aromatic heterocycles. The monoisotopic (exact) mass is 289 g/mol. The molecule has 0 aliphatic heterocycles. The molecule has 0 N–H and O–H groups in total. The molecule has 1 unspecified atom stereocenters. The molecule has 1 amide bonds. The second-order valence-electron chi connectivity index (χ2n) is 4.60. The standard InChI is InChI=1S/C15H15NO5/c1-10-5-4-6-11(2)13(10)16(19,20-3)15(18)14-12(9-17)7-8-21-14/h4-9H,1-3H3. The maximum atomic E-state index is 13.0. The zero-order chi connectivity index (χ0) is 15.6. The molecule has 1 atom stereocenters. The van der Waals surface area contributed by atoms with Crippen molar-refractivity contribution in [2.24, 2.45) is 0 Å². The van der Waals surface area contributed by atoms with Gasteiger partial charge in [0.2, 0.25) is 5.76 Å². The number of hydrogen-bond acceptors (Lipinski definition) is 5. The minimum Gasteiger partial charge on any atom is -0.585 e. The number of rotatable bonds is 4. The molecule has 110 valence electrons. The van der Waals surface area contributed by atoms with Crippen molar-refractivity contribution in [2.45, 2.75) is 13.8 Å². The number of carbonyl (C=O) groups excluding carboxylic acids is 2. The predicted molar refractivity (Wildman–Crippen MR) is 76.5 cm³/mol. The van der Waals surface area contributed by atoms with Crippen LogP contribution < -0.4 is 4.81 Å². The summed E-state index contributed by atoms with van der Waals surface area (Å²) < 4.78 is 4.99. The van der Waals surface area contributed by atoms with Gasteiger partial charge >= 0.3 is 5.91 Å². The Kier molecular flexibility index (Phi) is 4.04. The minimum atomic E-state index is -1.67. The third-order valence-electron chi connectivity index (χ3n) is 3.28. The van der Waals surface area contributed by atoms with E-state index in [0.717, 1.165) is 7.11 Å². The Balaban J connectivity index is 2.61. The molecule has 0 aliphatic rings. The molecule has 0 radical (unpaired) electrons. The second kappa shape index (κ2) is 5.61. The lowest BCUT2D eigenvalue weighted by atomic mass is 10.1. The maximum absolute atomic E-state index is 13.0. The zero-order valence-electron chi connectivity index (χ0n) is 12.0. The fourth-order valence-electron chi connectivity index (χ4n) is 2.27. The first-order valence-electron chi connectivity index (χ1n) is 6.25. The quantitative estimate of drug-likeness (QED) is 0.491. The number of amides is 1. The number of hydrogen-bond donors (Lipinski definition) is 0. The number of aldehydes is 1. The maximum Gasteiger partial charge on any atom is 0.419 e. The highest BCUT2D eigenvalue weighted by Crippen LogP contribution is 2.33. The number of benzene rings is 1. The minimum absolute atomic E-state index is 0.0154. The molecule has 2 rings (SSSR count). The SMILES string of the molecule is CO[N+]([O-])(C(=O)c1occc1C=O)c1c(C)cccc1C. The third kappa shape index (κ3) is 2.40. The molecule has 1 heterocycles. The van der Waals surface area contributed by atoms with Gasteiger partial charge in [-0.3, -0.25) is 4.79 Å². The van der Waals surface area contributed by atoms with Crippen molar-refractivity contribution < 1.29 is 18.8 Å².